The number of rotatable bonds is 1. The van der Waals surface area contributed by atoms with Gasteiger partial charge < -0.3 is 0 Å². The number of hydrogen-bond acceptors (Lipinski definition) is 1. The zero-order valence-corrected chi connectivity index (χ0v) is 14.6. The van der Waals surface area contributed by atoms with Crippen LogP contribution in [0.25, 0.3) is 31.3 Å². The van der Waals surface area contributed by atoms with Crippen LogP contribution in [0.3, 0.4) is 0 Å². The van der Waals surface area contributed by atoms with Crippen molar-refractivity contribution < 1.29 is 13.2 Å². The van der Waals surface area contributed by atoms with Crippen molar-refractivity contribution in [3.05, 3.63) is 70.7 Å². The smallest absolute Gasteiger partial charge is 0.166 e. The molecule has 120 valence electrons. The molecule has 0 aliphatic carbocycles. The van der Waals surface area contributed by atoms with E-state index in [1.165, 1.54) is 6.07 Å². The molecule has 0 N–H and O–H groups in total. The molecule has 0 bridgehead atoms. The van der Waals surface area contributed by atoms with E-state index >= 15 is 0 Å². The molecule has 1 heterocycles. The van der Waals surface area contributed by atoms with Crippen molar-refractivity contribution in [2.75, 3.05) is 0 Å². The molecule has 0 aliphatic heterocycles. The summed E-state index contributed by atoms with van der Waals surface area (Å²) >= 11 is 4.81. The van der Waals surface area contributed by atoms with Crippen LogP contribution >= 0.6 is 27.3 Å². The summed E-state index contributed by atoms with van der Waals surface area (Å²) < 4.78 is 41.9. The molecule has 0 spiro atoms. The maximum atomic E-state index is 13.1. The minimum absolute atomic E-state index is 0.422. The minimum Gasteiger partial charge on any atom is -0.166 e. The van der Waals surface area contributed by atoms with Crippen molar-refractivity contribution >= 4 is 47.4 Å². The molecule has 0 nitrogen and oxygen atoms in total. The average molecular weight is 407 g/mol. The zero-order chi connectivity index (χ0) is 16.9. The molecule has 24 heavy (non-hydrogen) atoms. The Morgan fingerprint density at radius 3 is 2.38 bits per heavy atom. The maximum absolute atomic E-state index is 13.1. The van der Waals surface area contributed by atoms with Gasteiger partial charge in [0.15, 0.2) is 0 Å². The van der Waals surface area contributed by atoms with E-state index < -0.39 is 11.7 Å². The van der Waals surface area contributed by atoms with Crippen LogP contribution in [-0.4, -0.2) is 0 Å². The summed E-state index contributed by atoms with van der Waals surface area (Å²) in [5, 5.41) is 2.20. The first kappa shape index (κ1) is 15.7. The molecular weight excluding hydrogens is 397 g/mol. The molecule has 0 atom stereocenters. The van der Waals surface area contributed by atoms with Crippen LogP contribution in [0.15, 0.2) is 65.1 Å². The molecule has 5 heteroatoms. The van der Waals surface area contributed by atoms with Crippen molar-refractivity contribution in [3.8, 4) is 11.1 Å². The van der Waals surface area contributed by atoms with Gasteiger partial charge in [0, 0.05) is 24.6 Å². The molecule has 0 unspecified atom stereocenters. The van der Waals surface area contributed by atoms with Gasteiger partial charge in [0.25, 0.3) is 0 Å². The fourth-order valence-electron chi connectivity index (χ4n) is 2.88. The van der Waals surface area contributed by atoms with E-state index in [4.69, 9.17) is 0 Å². The van der Waals surface area contributed by atoms with Crippen molar-refractivity contribution in [3.63, 3.8) is 0 Å². The van der Waals surface area contributed by atoms with E-state index in [1.807, 2.05) is 42.5 Å². The highest BCUT2D eigenvalue weighted by atomic mass is 79.9. The summed E-state index contributed by atoms with van der Waals surface area (Å²) in [5.41, 5.74) is 0.736. The van der Waals surface area contributed by atoms with Crippen LogP contribution in [0.5, 0.6) is 0 Å². The van der Waals surface area contributed by atoms with Gasteiger partial charge in [-0.15, -0.1) is 11.3 Å². The lowest BCUT2D eigenvalue weighted by Crippen LogP contribution is -2.04. The van der Waals surface area contributed by atoms with Crippen LogP contribution in [0.2, 0.25) is 0 Å². The minimum atomic E-state index is -4.37. The number of halogens is 4. The van der Waals surface area contributed by atoms with E-state index in [-0.39, 0.29) is 0 Å². The first-order chi connectivity index (χ1) is 11.4. The van der Waals surface area contributed by atoms with E-state index in [0.29, 0.717) is 10.0 Å². The number of thiophene rings is 1. The quantitative estimate of drug-likeness (QED) is 0.306. The van der Waals surface area contributed by atoms with Crippen molar-refractivity contribution in [2.45, 2.75) is 6.18 Å². The first-order valence-electron chi connectivity index (χ1n) is 7.22. The molecule has 0 aliphatic rings. The van der Waals surface area contributed by atoms with Gasteiger partial charge in [-0.05, 0) is 35.4 Å². The Morgan fingerprint density at radius 1 is 0.833 bits per heavy atom. The second-order valence-electron chi connectivity index (χ2n) is 5.51. The van der Waals surface area contributed by atoms with Gasteiger partial charge in [0.2, 0.25) is 0 Å². The predicted molar refractivity (Wildman–Crippen MR) is 97.5 cm³/mol. The van der Waals surface area contributed by atoms with E-state index in [2.05, 4.69) is 15.9 Å². The molecule has 4 rings (SSSR count). The third-order valence-corrected chi connectivity index (χ3v) is 5.62. The Morgan fingerprint density at radius 2 is 1.58 bits per heavy atom. The van der Waals surface area contributed by atoms with Crippen molar-refractivity contribution in [1.29, 1.82) is 0 Å². The molecule has 0 amide bonds. The van der Waals surface area contributed by atoms with Gasteiger partial charge in [-0.2, -0.15) is 13.2 Å². The van der Waals surface area contributed by atoms with E-state index in [0.717, 1.165) is 31.8 Å². The number of fused-ring (bicyclic) bond motifs is 3. The SMILES string of the molecule is FC(F)(F)c1cc(Br)cc(-c2cccc3c2sc2ccccc23)c1. The van der Waals surface area contributed by atoms with E-state index in [1.54, 1.807) is 17.4 Å². The van der Waals surface area contributed by atoms with Gasteiger partial charge in [0.1, 0.15) is 0 Å². The van der Waals surface area contributed by atoms with Gasteiger partial charge in [-0.3, -0.25) is 0 Å². The summed E-state index contributed by atoms with van der Waals surface area (Å²) in [5.74, 6) is 0. The number of benzene rings is 3. The summed E-state index contributed by atoms with van der Waals surface area (Å²) in [6.45, 7) is 0. The van der Waals surface area contributed by atoms with Crippen molar-refractivity contribution in [1.82, 2.24) is 0 Å². The van der Waals surface area contributed by atoms with Crippen LogP contribution in [0, 0.1) is 0 Å². The van der Waals surface area contributed by atoms with Crippen LogP contribution in [0.4, 0.5) is 13.2 Å². The standard InChI is InChI=1S/C19H10BrF3S/c20-13-9-11(8-12(10-13)19(21,22)23)14-5-3-6-16-15-4-1-2-7-17(15)24-18(14)16/h1-10H. The highest BCUT2D eigenvalue weighted by Crippen LogP contribution is 2.41. The second-order valence-corrected chi connectivity index (χ2v) is 7.47. The highest BCUT2D eigenvalue weighted by molar-refractivity contribution is 9.10. The van der Waals surface area contributed by atoms with Gasteiger partial charge in [-0.1, -0.05) is 52.3 Å². The van der Waals surface area contributed by atoms with Crippen LogP contribution in [-0.2, 0) is 6.18 Å². The lowest BCUT2D eigenvalue weighted by Gasteiger charge is -2.11. The summed E-state index contributed by atoms with van der Waals surface area (Å²) in [6.07, 6.45) is -4.37. The largest absolute Gasteiger partial charge is 0.416 e. The lowest BCUT2D eigenvalue weighted by molar-refractivity contribution is -0.137. The topological polar surface area (TPSA) is 0 Å². The zero-order valence-electron chi connectivity index (χ0n) is 12.2. The summed E-state index contributed by atoms with van der Waals surface area (Å²) in [6, 6.07) is 17.9. The Bertz CT molecular complexity index is 1060. The Balaban J connectivity index is 2.02. The summed E-state index contributed by atoms with van der Waals surface area (Å²) in [7, 11) is 0. The van der Waals surface area contributed by atoms with Gasteiger partial charge in [0.05, 0.1) is 5.56 Å². The van der Waals surface area contributed by atoms with E-state index in [9.17, 15) is 13.2 Å². The van der Waals surface area contributed by atoms with Crippen molar-refractivity contribution in [2.24, 2.45) is 0 Å². The Hall–Kier alpha value is -1.85. The Labute approximate surface area is 148 Å². The monoisotopic (exact) mass is 406 g/mol. The predicted octanol–water partition coefficient (Wildman–Crippen LogP) is 7.50. The normalized spacial score (nSPS) is 12.2. The van der Waals surface area contributed by atoms with Crippen LogP contribution < -0.4 is 0 Å². The fourth-order valence-corrected chi connectivity index (χ4v) is 4.61. The Kier molecular flexibility index (Phi) is 3.66. The molecule has 0 fully saturated rings. The van der Waals surface area contributed by atoms with Gasteiger partial charge in [-0.25, -0.2) is 0 Å². The molecule has 0 saturated carbocycles. The third kappa shape index (κ3) is 2.62. The lowest BCUT2D eigenvalue weighted by atomic mass is 10.0. The highest BCUT2D eigenvalue weighted by Gasteiger charge is 2.31. The molecule has 4 aromatic rings. The summed E-state index contributed by atoms with van der Waals surface area (Å²) in [4.78, 5) is 0. The third-order valence-electron chi connectivity index (χ3n) is 3.94. The molecule has 0 saturated heterocycles. The second kappa shape index (κ2) is 5.60. The molecule has 0 radical (unpaired) electrons. The molecule has 1 aromatic heterocycles. The molecular formula is C19H10BrF3S. The maximum Gasteiger partial charge on any atom is 0.416 e. The molecule has 3 aromatic carbocycles. The van der Waals surface area contributed by atoms with Gasteiger partial charge >= 0.3 is 6.18 Å². The van der Waals surface area contributed by atoms with Crippen LogP contribution in [0.1, 0.15) is 5.56 Å². The fraction of sp³-hybridized carbons (Fsp3) is 0.0526. The number of alkyl halides is 3. The number of hydrogen-bond donors (Lipinski definition) is 0. The first-order valence-corrected chi connectivity index (χ1v) is 8.83. The average Bonchev–Trinajstić information content (AvgIpc) is 2.92.